The lowest BCUT2D eigenvalue weighted by molar-refractivity contribution is 0.596. The number of rotatable bonds is 0. The van der Waals surface area contributed by atoms with Gasteiger partial charge in [0.1, 0.15) is 0 Å². The van der Waals surface area contributed by atoms with Crippen molar-refractivity contribution in [1.29, 1.82) is 0 Å². The van der Waals surface area contributed by atoms with Gasteiger partial charge in [-0.3, -0.25) is 9.82 Å². The first-order valence-corrected chi connectivity index (χ1v) is 6.28. The molecule has 0 unspecified atom stereocenters. The van der Waals surface area contributed by atoms with Gasteiger partial charge in [0.05, 0.1) is 5.69 Å². The summed E-state index contributed by atoms with van der Waals surface area (Å²) in [5, 5.41) is 6.45. The summed E-state index contributed by atoms with van der Waals surface area (Å²) < 4.78 is 26.4. The molecule has 0 atom stereocenters. The maximum absolute atomic E-state index is 11.9. The topological polar surface area (TPSA) is 74.8 Å². The van der Waals surface area contributed by atoms with Crippen molar-refractivity contribution in [3.8, 4) is 0 Å². The van der Waals surface area contributed by atoms with Crippen molar-refractivity contribution in [1.82, 2.24) is 10.2 Å². The summed E-state index contributed by atoms with van der Waals surface area (Å²) in [6, 6.07) is 7.34. The van der Waals surface area contributed by atoms with Gasteiger partial charge in [-0.25, -0.2) is 0 Å². The number of fused-ring (bicyclic) bond motifs is 2. The fourth-order valence-corrected chi connectivity index (χ4v) is 3.07. The van der Waals surface area contributed by atoms with E-state index in [-0.39, 0.29) is 5.03 Å². The highest BCUT2D eigenvalue weighted by Gasteiger charge is 2.26. The normalized spacial score (nSPS) is 16.8. The highest BCUT2D eigenvalue weighted by Crippen LogP contribution is 2.28. The summed E-state index contributed by atoms with van der Waals surface area (Å²) in [6.07, 6.45) is 2.19. The third-order valence-corrected chi connectivity index (χ3v) is 3.93. The van der Waals surface area contributed by atoms with Crippen molar-refractivity contribution >= 4 is 15.7 Å². The Hall–Kier alpha value is -1.82. The fourth-order valence-electron chi connectivity index (χ4n) is 1.83. The van der Waals surface area contributed by atoms with Crippen LogP contribution in [0, 0.1) is 0 Å². The van der Waals surface area contributed by atoms with Gasteiger partial charge in [0, 0.05) is 18.2 Å². The minimum Gasteiger partial charge on any atom is -0.284 e. The molecule has 0 saturated carbocycles. The average Bonchev–Trinajstić information content (AvgIpc) is 2.66. The Balaban J connectivity index is 2.28. The molecule has 2 heterocycles. The van der Waals surface area contributed by atoms with Gasteiger partial charge >= 0.3 is 0 Å². The zero-order valence-corrected chi connectivity index (χ0v) is 9.08. The number of hydrogen-bond acceptors (Lipinski definition) is 3. The summed E-state index contributed by atoms with van der Waals surface area (Å²) in [5.74, 6) is 0. The molecule has 0 spiro atoms. The molecule has 0 fully saturated rings. The molecule has 1 aliphatic rings. The monoisotopic (exact) mass is 235 g/mol. The molecule has 0 aliphatic carbocycles. The van der Waals surface area contributed by atoms with Crippen molar-refractivity contribution in [2.45, 2.75) is 11.4 Å². The van der Waals surface area contributed by atoms with Crippen molar-refractivity contribution in [3.05, 3.63) is 41.6 Å². The first-order valence-electron chi connectivity index (χ1n) is 4.80. The summed E-state index contributed by atoms with van der Waals surface area (Å²) in [7, 11) is -3.54. The molecule has 0 saturated heterocycles. The fraction of sp³-hybridized carbons (Fsp3) is 0.100. The number of hydrogen-bond donors (Lipinski definition) is 2. The van der Waals surface area contributed by atoms with Crippen LogP contribution < -0.4 is 4.72 Å². The standard InChI is InChI=1S/C10H9N3O2S/c14-16(15)10-8(6-11-12-10)5-7-3-1-2-4-9(7)13-16/h1-4,6,13H,5H2,(H,11,12). The van der Waals surface area contributed by atoms with Crippen LogP contribution >= 0.6 is 0 Å². The van der Waals surface area contributed by atoms with Crippen LogP contribution in [0.2, 0.25) is 0 Å². The molecular weight excluding hydrogens is 226 g/mol. The maximum Gasteiger partial charge on any atom is 0.281 e. The minimum atomic E-state index is -3.54. The Morgan fingerprint density at radius 3 is 2.88 bits per heavy atom. The lowest BCUT2D eigenvalue weighted by atomic mass is 10.1. The lowest BCUT2D eigenvalue weighted by Gasteiger charge is -2.05. The SMILES string of the molecule is O=S1(=O)Nc2ccccc2Cc2c[nH]nc21. The van der Waals surface area contributed by atoms with Crippen LogP contribution in [-0.2, 0) is 16.4 Å². The molecule has 16 heavy (non-hydrogen) atoms. The quantitative estimate of drug-likeness (QED) is 0.718. The minimum absolute atomic E-state index is 0.0868. The van der Waals surface area contributed by atoms with E-state index in [0.717, 1.165) is 5.56 Å². The lowest BCUT2D eigenvalue weighted by Crippen LogP contribution is -2.13. The smallest absolute Gasteiger partial charge is 0.281 e. The Bertz CT molecular complexity index is 646. The molecule has 6 heteroatoms. The van der Waals surface area contributed by atoms with Gasteiger partial charge in [0.25, 0.3) is 10.0 Å². The van der Waals surface area contributed by atoms with E-state index in [1.807, 2.05) is 12.1 Å². The molecule has 1 aromatic heterocycles. The molecule has 2 aromatic rings. The molecule has 1 aromatic carbocycles. The van der Waals surface area contributed by atoms with E-state index >= 15 is 0 Å². The number of para-hydroxylation sites is 1. The number of nitrogens with zero attached hydrogens (tertiary/aromatic N) is 1. The van der Waals surface area contributed by atoms with Crippen LogP contribution in [0.25, 0.3) is 0 Å². The van der Waals surface area contributed by atoms with E-state index < -0.39 is 10.0 Å². The van der Waals surface area contributed by atoms with Gasteiger partial charge in [0.15, 0.2) is 0 Å². The Morgan fingerprint density at radius 2 is 2.00 bits per heavy atom. The number of anilines is 1. The van der Waals surface area contributed by atoms with E-state index in [1.165, 1.54) is 0 Å². The Kier molecular flexibility index (Phi) is 1.81. The predicted molar refractivity (Wildman–Crippen MR) is 58.6 cm³/mol. The number of aromatic amines is 1. The van der Waals surface area contributed by atoms with Crippen molar-refractivity contribution in [3.63, 3.8) is 0 Å². The van der Waals surface area contributed by atoms with Gasteiger partial charge in [-0.1, -0.05) is 18.2 Å². The van der Waals surface area contributed by atoms with Gasteiger partial charge in [-0.15, -0.1) is 0 Å². The molecule has 82 valence electrons. The highest BCUT2D eigenvalue weighted by atomic mass is 32.2. The van der Waals surface area contributed by atoms with Crippen LogP contribution in [0.5, 0.6) is 0 Å². The van der Waals surface area contributed by atoms with Crippen molar-refractivity contribution < 1.29 is 8.42 Å². The van der Waals surface area contributed by atoms with Gasteiger partial charge in [0.2, 0.25) is 5.03 Å². The molecule has 0 amide bonds. The molecule has 0 bridgehead atoms. The maximum atomic E-state index is 11.9. The summed E-state index contributed by atoms with van der Waals surface area (Å²) >= 11 is 0. The van der Waals surface area contributed by atoms with Gasteiger partial charge in [-0.2, -0.15) is 13.5 Å². The summed E-state index contributed by atoms with van der Waals surface area (Å²) in [4.78, 5) is 0. The number of nitrogens with one attached hydrogen (secondary N) is 2. The first-order chi connectivity index (χ1) is 7.67. The van der Waals surface area contributed by atoms with Crippen LogP contribution in [0.4, 0.5) is 5.69 Å². The zero-order chi connectivity index (χ0) is 11.2. The number of H-pyrrole nitrogens is 1. The summed E-state index contributed by atoms with van der Waals surface area (Å²) in [6.45, 7) is 0. The Morgan fingerprint density at radius 1 is 1.19 bits per heavy atom. The second-order valence-corrected chi connectivity index (χ2v) is 5.25. The third kappa shape index (κ3) is 1.30. The van der Waals surface area contributed by atoms with Crippen LogP contribution in [0.1, 0.15) is 11.1 Å². The number of sulfonamides is 1. The van der Waals surface area contributed by atoms with Crippen molar-refractivity contribution in [2.24, 2.45) is 0 Å². The van der Waals surface area contributed by atoms with Gasteiger partial charge < -0.3 is 0 Å². The predicted octanol–water partition coefficient (Wildman–Crippen LogP) is 1.11. The highest BCUT2D eigenvalue weighted by molar-refractivity contribution is 7.92. The molecule has 2 N–H and O–H groups in total. The van der Waals surface area contributed by atoms with Crippen molar-refractivity contribution in [2.75, 3.05) is 4.72 Å². The van der Waals surface area contributed by atoms with Gasteiger partial charge in [-0.05, 0) is 11.6 Å². The molecule has 5 nitrogen and oxygen atoms in total. The molecule has 3 rings (SSSR count). The van der Waals surface area contributed by atoms with Crippen LogP contribution in [-0.4, -0.2) is 18.6 Å². The first kappa shape index (κ1) is 9.41. The van der Waals surface area contributed by atoms with Crippen LogP contribution in [0.15, 0.2) is 35.5 Å². The van der Waals surface area contributed by atoms with E-state index in [1.54, 1.807) is 18.3 Å². The number of benzene rings is 1. The molecular formula is C10H9N3O2S. The zero-order valence-electron chi connectivity index (χ0n) is 8.27. The summed E-state index contributed by atoms with van der Waals surface area (Å²) in [5.41, 5.74) is 2.27. The third-order valence-electron chi connectivity index (χ3n) is 2.58. The van der Waals surface area contributed by atoms with Crippen LogP contribution in [0.3, 0.4) is 0 Å². The van der Waals surface area contributed by atoms with E-state index in [2.05, 4.69) is 14.9 Å². The van der Waals surface area contributed by atoms with E-state index in [0.29, 0.717) is 17.7 Å². The molecule has 0 radical (unpaired) electrons. The van der Waals surface area contributed by atoms with E-state index in [9.17, 15) is 8.42 Å². The van der Waals surface area contributed by atoms with E-state index in [4.69, 9.17) is 0 Å². The average molecular weight is 235 g/mol. The second kappa shape index (κ2) is 3.08. The molecule has 1 aliphatic heterocycles. The number of aromatic nitrogens is 2. The Labute approximate surface area is 92.6 Å². The largest absolute Gasteiger partial charge is 0.284 e. The second-order valence-electron chi connectivity index (χ2n) is 3.66.